The quantitative estimate of drug-likeness (QED) is 0.547. The summed E-state index contributed by atoms with van der Waals surface area (Å²) in [5.41, 5.74) is 0.980. The Morgan fingerprint density at radius 2 is 1.75 bits per heavy atom. The first-order chi connectivity index (χ1) is 15.3. The Hall–Kier alpha value is -2.66. The highest BCUT2D eigenvalue weighted by Crippen LogP contribution is 2.23. The number of nitrogens with one attached hydrogen (secondary N) is 2. The Morgan fingerprint density at radius 3 is 2.41 bits per heavy atom. The minimum absolute atomic E-state index is 0.0694. The van der Waals surface area contributed by atoms with Gasteiger partial charge in [0.15, 0.2) is 0 Å². The van der Waals surface area contributed by atoms with Crippen LogP contribution in [0.1, 0.15) is 5.56 Å². The number of carbonyl (C=O) groups is 2. The van der Waals surface area contributed by atoms with Gasteiger partial charge in [0.25, 0.3) is 0 Å². The lowest BCUT2D eigenvalue weighted by atomic mass is 10.1. The summed E-state index contributed by atoms with van der Waals surface area (Å²) in [6.07, 6.45) is -0.367. The van der Waals surface area contributed by atoms with Crippen molar-refractivity contribution in [2.45, 2.75) is 17.5 Å². The number of rotatable bonds is 8. The van der Waals surface area contributed by atoms with Gasteiger partial charge in [0, 0.05) is 18.1 Å². The topological polar surface area (TPSA) is 114 Å². The lowest BCUT2D eigenvalue weighted by Crippen LogP contribution is -2.47. The average molecular weight is 482 g/mol. The Bertz CT molecular complexity index is 1040. The number of halogens is 1. The van der Waals surface area contributed by atoms with Crippen LogP contribution < -0.4 is 15.4 Å². The highest BCUT2D eigenvalue weighted by Gasteiger charge is 2.36. The van der Waals surface area contributed by atoms with Crippen LogP contribution in [0, 0.1) is 0 Å². The van der Waals surface area contributed by atoms with E-state index in [0.717, 1.165) is 15.6 Å². The number of hydrogen-bond acceptors (Lipinski definition) is 6. The first kappa shape index (κ1) is 24.0. The van der Waals surface area contributed by atoms with Crippen LogP contribution in [0.4, 0.5) is 0 Å². The van der Waals surface area contributed by atoms with Gasteiger partial charge in [0.1, 0.15) is 12.0 Å². The monoisotopic (exact) mass is 481 g/mol. The normalized spacial score (nSPS) is 16.5. The summed E-state index contributed by atoms with van der Waals surface area (Å²) < 4.78 is 37.4. The first-order valence-electron chi connectivity index (χ1n) is 9.89. The van der Waals surface area contributed by atoms with Gasteiger partial charge in [-0.2, -0.15) is 4.31 Å². The van der Waals surface area contributed by atoms with E-state index >= 15 is 0 Å². The van der Waals surface area contributed by atoms with Crippen molar-refractivity contribution < 1.29 is 27.5 Å². The fourth-order valence-electron chi connectivity index (χ4n) is 3.14. The van der Waals surface area contributed by atoms with Crippen molar-refractivity contribution in [2.24, 2.45) is 0 Å². The van der Waals surface area contributed by atoms with E-state index in [0.29, 0.717) is 11.4 Å². The number of methoxy groups -OCH3 is 1. The van der Waals surface area contributed by atoms with Crippen molar-refractivity contribution in [3.63, 3.8) is 0 Å². The third-order valence-electron chi connectivity index (χ3n) is 4.87. The minimum atomic E-state index is -3.83. The molecule has 0 aliphatic carbocycles. The summed E-state index contributed by atoms with van der Waals surface area (Å²) in [5.74, 6) is -0.930. The summed E-state index contributed by atoms with van der Waals surface area (Å²) >= 11 is 5.82. The smallest absolute Gasteiger partial charge is 0.309 e. The predicted molar refractivity (Wildman–Crippen MR) is 118 cm³/mol. The molecule has 9 nitrogen and oxygen atoms in total. The molecule has 1 aliphatic heterocycles. The Kier molecular flexibility index (Phi) is 8.08. The van der Waals surface area contributed by atoms with Crippen LogP contribution in [-0.4, -0.2) is 64.1 Å². The van der Waals surface area contributed by atoms with E-state index in [2.05, 4.69) is 10.6 Å². The van der Waals surface area contributed by atoms with E-state index in [9.17, 15) is 18.0 Å². The number of nitrogens with zero attached hydrogens (tertiary/aromatic N) is 1. The van der Waals surface area contributed by atoms with E-state index in [1.165, 1.54) is 24.3 Å². The molecule has 1 fully saturated rings. The molecule has 0 radical (unpaired) electrons. The highest BCUT2D eigenvalue weighted by atomic mass is 35.5. The van der Waals surface area contributed by atoms with Crippen molar-refractivity contribution in [1.82, 2.24) is 14.9 Å². The van der Waals surface area contributed by atoms with Gasteiger partial charge in [-0.25, -0.2) is 8.42 Å². The molecular weight excluding hydrogens is 458 g/mol. The SMILES string of the molecule is COc1ccc(CCNC(=O)C(=O)NC[C@@H]2OCCN2S(=O)(=O)c2ccc(Cl)cc2)cc1. The molecule has 3 rings (SSSR count). The Balaban J connectivity index is 1.48. The molecule has 1 heterocycles. The summed E-state index contributed by atoms with van der Waals surface area (Å²) in [4.78, 5) is 24.2. The van der Waals surface area contributed by atoms with Crippen LogP contribution in [0.25, 0.3) is 0 Å². The maximum absolute atomic E-state index is 12.9. The minimum Gasteiger partial charge on any atom is -0.497 e. The first-order valence-corrected chi connectivity index (χ1v) is 11.7. The number of amides is 2. The van der Waals surface area contributed by atoms with Crippen molar-refractivity contribution in [2.75, 3.05) is 33.4 Å². The fourth-order valence-corrected chi connectivity index (χ4v) is 4.77. The van der Waals surface area contributed by atoms with Crippen molar-refractivity contribution in [1.29, 1.82) is 0 Å². The lowest BCUT2D eigenvalue weighted by Gasteiger charge is -2.22. The second-order valence-electron chi connectivity index (χ2n) is 6.96. The van der Waals surface area contributed by atoms with Gasteiger partial charge in [0.05, 0.1) is 25.2 Å². The van der Waals surface area contributed by atoms with Crippen LogP contribution in [-0.2, 0) is 30.8 Å². The summed E-state index contributed by atoms with van der Waals surface area (Å²) in [6.45, 7) is 0.439. The van der Waals surface area contributed by atoms with Gasteiger partial charge in [0.2, 0.25) is 10.0 Å². The molecule has 2 amide bonds. The van der Waals surface area contributed by atoms with Gasteiger partial charge in [-0.3, -0.25) is 9.59 Å². The van der Waals surface area contributed by atoms with Gasteiger partial charge >= 0.3 is 11.8 Å². The number of sulfonamides is 1. The van der Waals surface area contributed by atoms with E-state index in [4.69, 9.17) is 21.1 Å². The Morgan fingerprint density at radius 1 is 1.09 bits per heavy atom. The summed E-state index contributed by atoms with van der Waals surface area (Å²) in [7, 11) is -2.25. The molecule has 11 heteroatoms. The van der Waals surface area contributed by atoms with Crippen LogP contribution in [0.15, 0.2) is 53.4 Å². The molecule has 0 aromatic heterocycles. The molecule has 2 aromatic carbocycles. The van der Waals surface area contributed by atoms with E-state index in [1.807, 2.05) is 24.3 Å². The van der Waals surface area contributed by atoms with Crippen molar-refractivity contribution in [3.05, 3.63) is 59.1 Å². The van der Waals surface area contributed by atoms with Gasteiger partial charge < -0.3 is 20.1 Å². The second-order valence-corrected chi connectivity index (χ2v) is 9.29. The maximum Gasteiger partial charge on any atom is 0.309 e. The third-order valence-corrected chi connectivity index (χ3v) is 7.02. The molecule has 1 saturated heterocycles. The number of carbonyl (C=O) groups excluding carboxylic acids is 2. The summed E-state index contributed by atoms with van der Waals surface area (Å²) in [5, 5.41) is 5.39. The Labute approximate surface area is 191 Å². The van der Waals surface area contributed by atoms with Gasteiger partial charge in [-0.15, -0.1) is 0 Å². The van der Waals surface area contributed by atoms with Crippen LogP contribution in [0.2, 0.25) is 5.02 Å². The summed E-state index contributed by atoms with van der Waals surface area (Å²) in [6, 6.07) is 13.2. The molecule has 1 aliphatic rings. The largest absolute Gasteiger partial charge is 0.497 e. The van der Waals surface area contributed by atoms with Gasteiger partial charge in [-0.05, 0) is 48.4 Å². The molecule has 2 aromatic rings. The van der Waals surface area contributed by atoms with Gasteiger partial charge in [-0.1, -0.05) is 23.7 Å². The van der Waals surface area contributed by atoms with E-state index < -0.39 is 28.1 Å². The molecule has 0 unspecified atom stereocenters. The molecule has 0 bridgehead atoms. The zero-order valence-electron chi connectivity index (χ0n) is 17.4. The standard InChI is InChI=1S/C21H24ClN3O6S/c1-30-17-6-2-15(3-7-17)10-11-23-20(26)21(27)24-14-19-25(12-13-31-19)32(28,29)18-8-4-16(22)5-9-18/h2-9,19H,10-14H2,1H3,(H,23,26)(H,24,27)/t19-/m0/s1. The number of ether oxygens (including phenoxy) is 2. The highest BCUT2D eigenvalue weighted by molar-refractivity contribution is 7.89. The molecule has 2 N–H and O–H groups in total. The third kappa shape index (κ3) is 5.98. The zero-order valence-corrected chi connectivity index (χ0v) is 19.0. The molecule has 0 saturated carbocycles. The van der Waals surface area contributed by atoms with Crippen LogP contribution in [0.3, 0.4) is 0 Å². The molecule has 32 heavy (non-hydrogen) atoms. The molecular formula is C21H24ClN3O6S. The fraction of sp³-hybridized carbons (Fsp3) is 0.333. The predicted octanol–water partition coefficient (Wildman–Crippen LogP) is 1.17. The van der Waals surface area contributed by atoms with Crippen molar-refractivity contribution in [3.8, 4) is 5.75 Å². The van der Waals surface area contributed by atoms with E-state index in [1.54, 1.807) is 7.11 Å². The van der Waals surface area contributed by atoms with Crippen LogP contribution in [0.5, 0.6) is 5.75 Å². The maximum atomic E-state index is 12.9. The molecule has 172 valence electrons. The molecule has 1 atom stereocenters. The zero-order chi connectivity index (χ0) is 23.1. The lowest BCUT2D eigenvalue weighted by molar-refractivity contribution is -0.139. The van der Waals surface area contributed by atoms with E-state index in [-0.39, 0.29) is 31.1 Å². The number of benzene rings is 2. The van der Waals surface area contributed by atoms with Crippen LogP contribution >= 0.6 is 11.6 Å². The average Bonchev–Trinajstić information content (AvgIpc) is 3.28. The number of hydrogen-bond donors (Lipinski definition) is 2. The second kappa shape index (κ2) is 10.8. The van der Waals surface area contributed by atoms with Crippen molar-refractivity contribution >= 4 is 33.4 Å². The molecule has 0 spiro atoms.